The zero-order chi connectivity index (χ0) is 34.8. The molecule has 3 nitrogen and oxygen atoms in total. The molecule has 4 heteroatoms. The highest BCUT2D eigenvalue weighted by molar-refractivity contribution is 7.26. The van der Waals surface area contributed by atoms with Crippen LogP contribution in [0.2, 0.25) is 0 Å². The highest BCUT2D eigenvalue weighted by Crippen LogP contribution is 2.51. The molecule has 0 amide bonds. The van der Waals surface area contributed by atoms with Crippen molar-refractivity contribution in [2.45, 2.75) is 19.3 Å². The van der Waals surface area contributed by atoms with Crippen LogP contribution in [0.4, 0.5) is 0 Å². The van der Waals surface area contributed by atoms with Crippen LogP contribution in [0, 0.1) is 0 Å². The van der Waals surface area contributed by atoms with Crippen LogP contribution in [0.3, 0.4) is 0 Å². The van der Waals surface area contributed by atoms with Crippen molar-refractivity contribution in [3.8, 4) is 67.5 Å². The van der Waals surface area contributed by atoms with Gasteiger partial charge in [-0.2, -0.15) is 0 Å². The van der Waals surface area contributed by atoms with Gasteiger partial charge >= 0.3 is 0 Å². The van der Waals surface area contributed by atoms with Crippen molar-refractivity contribution in [1.82, 2.24) is 15.0 Å². The van der Waals surface area contributed by atoms with Gasteiger partial charge in [0.1, 0.15) is 0 Å². The van der Waals surface area contributed by atoms with Gasteiger partial charge in [-0.05, 0) is 56.6 Å². The third kappa shape index (κ3) is 4.90. The Morgan fingerprint density at radius 3 is 1.85 bits per heavy atom. The molecule has 9 aromatic rings. The topological polar surface area (TPSA) is 38.7 Å². The summed E-state index contributed by atoms with van der Waals surface area (Å²) in [4.78, 5) is 15.6. The van der Waals surface area contributed by atoms with E-state index in [1.165, 1.54) is 53.6 Å². The van der Waals surface area contributed by atoms with Gasteiger partial charge in [0.15, 0.2) is 17.5 Å². The second-order valence-corrected chi connectivity index (χ2v) is 15.1. The Morgan fingerprint density at radius 2 is 0.981 bits per heavy atom. The molecular weight excluding hydrogens is 651 g/mol. The van der Waals surface area contributed by atoms with Crippen LogP contribution in [-0.2, 0) is 5.41 Å². The SMILES string of the molecule is CC1(C)c2ccccc2-c2c(-c3nc(-c4ccc(-c5cccc6c5sc5ccccc56)cc4)nc(-c4cccc(-c5ccccc5)c4)n3)cccc21. The number of nitrogens with zero attached hydrogens (tertiary/aromatic N) is 3. The Bertz CT molecular complexity index is 2810. The van der Waals surface area contributed by atoms with Crippen molar-refractivity contribution in [3.05, 3.63) is 175 Å². The number of rotatable bonds is 5. The second-order valence-electron chi connectivity index (χ2n) is 14.0. The van der Waals surface area contributed by atoms with Crippen LogP contribution in [0.25, 0.3) is 87.7 Å². The molecule has 0 radical (unpaired) electrons. The summed E-state index contributed by atoms with van der Waals surface area (Å²) in [5.74, 6) is 1.98. The number of hydrogen-bond acceptors (Lipinski definition) is 4. The van der Waals surface area contributed by atoms with Gasteiger partial charge in [-0.1, -0.05) is 166 Å². The quantitative estimate of drug-likeness (QED) is 0.181. The standard InChI is InChI=1S/C48H33N3S/c1-48(2)40-22-8-6-18-38(40)43-39(21-12-23-41(43)48)47-50-45(49-46(51-47)34-16-10-15-33(29-34)30-13-4-3-5-14-30)32-27-25-31(26-28-32)35-19-11-20-37-36-17-7-9-24-42(36)52-44(35)37/h3-29H,1-2H3. The lowest BCUT2D eigenvalue weighted by molar-refractivity contribution is 0.660. The van der Waals surface area contributed by atoms with Crippen molar-refractivity contribution in [2.75, 3.05) is 0 Å². The minimum Gasteiger partial charge on any atom is -0.208 e. The Hall–Kier alpha value is -6.23. The van der Waals surface area contributed by atoms with Crippen LogP contribution in [-0.4, -0.2) is 15.0 Å². The van der Waals surface area contributed by atoms with Gasteiger partial charge in [0.25, 0.3) is 0 Å². The molecule has 0 saturated heterocycles. The van der Waals surface area contributed by atoms with Crippen molar-refractivity contribution in [2.24, 2.45) is 0 Å². The first kappa shape index (κ1) is 30.6. The lowest BCUT2D eigenvalue weighted by Crippen LogP contribution is -2.14. The lowest BCUT2D eigenvalue weighted by Gasteiger charge is -2.21. The average molecular weight is 684 g/mol. The van der Waals surface area contributed by atoms with Crippen LogP contribution in [0.1, 0.15) is 25.0 Å². The summed E-state index contributed by atoms with van der Waals surface area (Å²) < 4.78 is 2.61. The molecule has 1 aliphatic carbocycles. The van der Waals surface area contributed by atoms with E-state index in [1.54, 1.807) is 0 Å². The van der Waals surface area contributed by atoms with Gasteiger partial charge in [-0.3, -0.25) is 0 Å². The third-order valence-corrected chi connectivity index (χ3v) is 11.8. The summed E-state index contributed by atoms with van der Waals surface area (Å²) in [6, 6.07) is 58.2. The Kier molecular flexibility index (Phi) is 7.02. The molecule has 0 atom stereocenters. The largest absolute Gasteiger partial charge is 0.208 e. The summed E-state index contributed by atoms with van der Waals surface area (Å²) in [6.07, 6.45) is 0. The summed E-state index contributed by atoms with van der Waals surface area (Å²) >= 11 is 1.85. The molecule has 0 fully saturated rings. The van der Waals surface area contributed by atoms with E-state index < -0.39 is 0 Å². The lowest BCUT2D eigenvalue weighted by atomic mass is 9.82. The smallest absolute Gasteiger partial charge is 0.164 e. The molecule has 0 bridgehead atoms. The van der Waals surface area contributed by atoms with Crippen molar-refractivity contribution >= 4 is 31.5 Å². The fourth-order valence-electron chi connectivity index (χ4n) is 7.94. The summed E-state index contributed by atoms with van der Waals surface area (Å²) in [5.41, 5.74) is 12.5. The molecule has 0 unspecified atom stereocenters. The Labute approximate surface area is 307 Å². The predicted octanol–water partition coefficient (Wildman–Crippen LogP) is 12.9. The zero-order valence-corrected chi connectivity index (χ0v) is 29.7. The van der Waals surface area contributed by atoms with Crippen LogP contribution < -0.4 is 0 Å². The van der Waals surface area contributed by atoms with E-state index in [2.05, 4.69) is 172 Å². The number of aromatic nitrogens is 3. The van der Waals surface area contributed by atoms with E-state index >= 15 is 0 Å². The monoisotopic (exact) mass is 683 g/mol. The Balaban J connectivity index is 1.14. The fraction of sp³-hybridized carbons (Fsp3) is 0.0625. The summed E-state index contributed by atoms with van der Waals surface area (Å²) in [6.45, 7) is 4.61. The summed E-state index contributed by atoms with van der Waals surface area (Å²) in [7, 11) is 0. The molecule has 2 heterocycles. The van der Waals surface area contributed by atoms with Crippen LogP contribution >= 0.6 is 11.3 Å². The maximum Gasteiger partial charge on any atom is 0.164 e. The molecule has 7 aromatic carbocycles. The molecule has 0 spiro atoms. The van der Waals surface area contributed by atoms with Crippen molar-refractivity contribution in [3.63, 3.8) is 0 Å². The number of fused-ring (bicyclic) bond motifs is 6. The highest BCUT2D eigenvalue weighted by atomic mass is 32.1. The molecule has 10 rings (SSSR count). The van der Waals surface area contributed by atoms with E-state index in [0.29, 0.717) is 17.5 Å². The Morgan fingerprint density at radius 1 is 0.404 bits per heavy atom. The van der Waals surface area contributed by atoms with Gasteiger partial charge in [-0.25, -0.2) is 15.0 Å². The van der Waals surface area contributed by atoms with E-state index in [0.717, 1.165) is 27.8 Å². The predicted molar refractivity (Wildman–Crippen MR) is 217 cm³/mol. The normalized spacial score (nSPS) is 13.0. The van der Waals surface area contributed by atoms with E-state index in [-0.39, 0.29) is 5.41 Å². The first-order valence-electron chi connectivity index (χ1n) is 17.7. The molecule has 1 aliphatic rings. The maximum absolute atomic E-state index is 5.24. The van der Waals surface area contributed by atoms with Gasteiger partial charge in [0, 0.05) is 42.3 Å². The minimum atomic E-state index is -0.127. The van der Waals surface area contributed by atoms with Crippen molar-refractivity contribution < 1.29 is 0 Å². The molecule has 0 aliphatic heterocycles. The molecule has 2 aromatic heterocycles. The van der Waals surface area contributed by atoms with Gasteiger partial charge in [-0.15, -0.1) is 11.3 Å². The zero-order valence-electron chi connectivity index (χ0n) is 28.8. The second kappa shape index (κ2) is 11.9. The van der Waals surface area contributed by atoms with E-state index in [1.807, 2.05) is 17.4 Å². The van der Waals surface area contributed by atoms with E-state index in [4.69, 9.17) is 15.0 Å². The van der Waals surface area contributed by atoms with Crippen LogP contribution in [0.15, 0.2) is 164 Å². The van der Waals surface area contributed by atoms with Gasteiger partial charge < -0.3 is 0 Å². The summed E-state index contributed by atoms with van der Waals surface area (Å²) in [5, 5.41) is 2.60. The number of benzene rings is 7. The number of thiophene rings is 1. The molecule has 0 N–H and O–H groups in total. The first-order valence-corrected chi connectivity index (χ1v) is 18.5. The first-order chi connectivity index (χ1) is 25.5. The minimum absolute atomic E-state index is 0.127. The number of hydrogen-bond donors (Lipinski definition) is 0. The molecule has 52 heavy (non-hydrogen) atoms. The average Bonchev–Trinajstić information content (AvgIpc) is 3.70. The molecule has 0 saturated carbocycles. The fourth-order valence-corrected chi connectivity index (χ4v) is 9.18. The third-order valence-electron chi connectivity index (χ3n) is 10.6. The maximum atomic E-state index is 5.24. The van der Waals surface area contributed by atoms with Gasteiger partial charge in [0.2, 0.25) is 0 Å². The molecule has 246 valence electrons. The van der Waals surface area contributed by atoms with E-state index in [9.17, 15) is 0 Å². The molecular formula is C48H33N3S. The van der Waals surface area contributed by atoms with Crippen molar-refractivity contribution in [1.29, 1.82) is 0 Å². The van der Waals surface area contributed by atoms with Crippen LogP contribution in [0.5, 0.6) is 0 Å². The van der Waals surface area contributed by atoms with Gasteiger partial charge in [0.05, 0.1) is 0 Å². The highest BCUT2D eigenvalue weighted by Gasteiger charge is 2.37.